The molecule has 0 amide bonds. The molecule has 24 heavy (non-hydrogen) atoms. The smallest absolute Gasteiger partial charge is 0.397 e. The van der Waals surface area contributed by atoms with E-state index in [0.717, 1.165) is 0 Å². The van der Waals surface area contributed by atoms with Gasteiger partial charge in [-0.25, -0.2) is 17.7 Å². The van der Waals surface area contributed by atoms with E-state index in [2.05, 4.69) is 4.52 Å². The van der Waals surface area contributed by atoms with E-state index in [1.807, 2.05) is 0 Å². The zero-order valence-corrected chi connectivity index (χ0v) is 12.6. The van der Waals surface area contributed by atoms with Gasteiger partial charge in [-0.2, -0.15) is 8.78 Å². The summed E-state index contributed by atoms with van der Waals surface area (Å²) < 4.78 is 93.1. The van der Waals surface area contributed by atoms with Crippen molar-refractivity contribution >= 4 is 7.82 Å². The largest absolute Gasteiger partial charge is 0.530 e. The molecule has 0 radical (unpaired) electrons. The number of hydrogen-bond acceptors (Lipinski definition) is 4. The van der Waals surface area contributed by atoms with Crippen molar-refractivity contribution in [3.05, 3.63) is 64.5 Å². The van der Waals surface area contributed by atoms with Gasteiger partial charge in [-0.05, 0) is 11.1 Å². The monoisotopic (exact) mass is 366 g/mol. The first kappa shape index (κ1) is 16.9. The molecule has 0 aromatic heterocycles. The number of fused-ring (bicyclic) bond motifs is 1. The molecule has 0 saturated heterocycles. The van der Waals surface area contributed by atoms with Crippen LogP contribution in [-0.4, -0.2) is 0 Å². The topological polar surface area (TPSA) is 44.8 Å². The second-order valence-electron chi connectivity index (χ2n) is 4.75. The summed E-state index contributed by atoms with van der Waals surface area (Å²) in [6.07, 6.45) is 0. The molecule has 0 unspecified atom stereocenters. The molecule has 3 rings (SSSR count). The van der Waals surface area contributed by atoms with Gasteiger partial charge in [-0.1, -0.05) is 24.3 Å². The summed E-state index contributed by atoms with van der Waals surface area (Å²) in [6.45, 7) is -0.578. The Hall–Kier alpha value is -1.96. The van der Waals surface area contributed by atoms with Gasteiger partial charge in [-0.15, -0.1) is 0 Å². The van der Waals surface area contributed by atoms with E-state index in [1.54, 1.807) is 24.3 Å². The standard InChI is InChI=1S/C14H8F5O4P/c15-9-10(16)12(18)14(13(19)11(9)17)23-24(20)21-5-7-3-1-2-4-8(7)6-22-24/h1-4H,5-6H2. The number of phosphoric acid groups is 1. The van der Waals surface area contributed by atoms with E-state index in [1.165, 1.54) is 0 Å². The molecule has 0 atom stereocenters. The van der Waals surface area contributed by atoms with Gasteiger partial charge in [0.1, 0.15) is 0 Å². The third-order valence-electron chi connectivity index (χ3n) is 3.25. The van der Waals surface area contributed by atoms with E-state index >= 15 is 0 Å². The highest BCUT2D eigenvalue weighted by Crippen LogP contribution is 2.53. The van der Waals surface area contributed by atoms with Gasteiger partial charge >= 0.3 is 7.82 Å². The average Bonchev–Trinajstić information content (AvgIpc) is 2.75. The van der Waals surface area contributed by atoms with Crippen LogP contribution in [0.2, 0.25) is 0 Å². The van der Waals surface area contributed by atoms with Crippen LogP contribution in [0.25, 0.3) is 0 Å². The van der Waals surface area contributed by atoms with Crippen LogP contribution in [0, 0.1) is 29.1 Å². The number of phosphoric ester groups is 1. The molecule has 1 heterocycles. The maximum absolute atomic E-state index is 13.6. The summed E-state index contributed by atoms with van der Waals surface area (Å²) in [6, 6.07) is 6.60. The molecule has 0 fully saturated rings. The molecule has 1 aliphatic rings. The van der Waals surface area contributed by atoms with E-state index in [0.29, 0.717) is 11.1 Å². The normalized spacial score (nSPS) is 16.4. The Kier molecular flexibility index (Phi) is 4.33. The zero-order valence-electron chi connectivity index (χ0n) is 11.7. The van der Waals surface area contributed by atoms with Crippen molar-refractivity contribution in [3.8, 4) is 5.75 Å². The fourth-order valence-electron chi connectivity index (χ4n) is 2.00. The maximum Gasteiger partial charge on any atom is 0.530 e. The summed E-state index contributed by atoms with van der Waals surface area (Å²) in [5.74, 6) is -13.1. The van der Waals surface area contributed by atoms with Crippen molar-refractivity contribution < 1.29 is 40.1 Å². The highest BCUT2D eigenvalue weighted by atomic mass is 31.2. The second-order valence-corrected chi connectivity index (χ2v) is 6.35. The maximum atomic E-state index is 13.6. The molecular formula is C14H8F5O4P. The van der Waals surface area contributed by atoms with Crippen LogP contribution in [0.5, 0.6) is 5.75 Å². The van der Waals surface area contributed by atoms with Crippen molar-refractivity contribution in [1.82, 2.24) is 0 Å². The first-order valence-electron chi connectivity index (χ1n) is 6.49. The molecule has 2 aromatic carbocycles. The fourth-order valence-corrected chi connectivity index (χ4v) is 3.16. The lowest BCUT2D eigenvalue weighted by Gasteiger charge is -2.17. The molecule has 4 nitrogen and oxygen atoms in total. The number of rotatable bonds is 2. The Labute approximate surface area is 132 Å². The lowest BCUT2D eigenvalue weighted by Crippen LogP contribution is -2.07. The molecular weight excluding hydrogens is 358 g/mol. The first-order valence-corrected chi connectivity index (χ1v) is 7.95. The summed E-state index contributed by atoms with van der Waals surface area (Å²) in [5.41, 5.74) is 1.16. The molecule has 0 saturated carbocycles. The predicted octanol–water partition coefficient (Wildman–Crippen LogP) is 4.62. The molecule has 128 valence electrons. The minimum atomic E-state index is -4.61. The van der Waals surface area contributed by atoms with Gasteiger partial charge < -0.3 is 4.52 Å². The first-order chi connectivity index (χ1) is 11.3. The van der Waals surface area contributed by atoms with Crippen molar-refractivity contribution in [2.45, 2.75) is 13.2 Å². The zero-order chi connectivity index (χ0) is 17.5. The van der Waals surface area contributed by atoms with Crippen molar-refractivity contribution in [1.29, 1.82) is 0 Å². The van der Waals surface area contributed by atoms with Crippen LogP contribution in [-0.2, 0) is 26.8 Å². The van der Waals surface area contributed by atoms with Gasteiger partial charge in [0.25, 0.3) is 0 Å². The minimum absolute atomic E-state index is 0.289. The summed E-state index contributed by atoms with van der Waals surface area (Å²) >= 11 is 0. The predicted molar refractivity (Wildman–Crippen MR) is 70.5 cm³/mol. The Morgan fingerprint density at radius 2 is 1.21 bits per heavy atom. The second kappa shape index (κ2) is 6.16. The van der Waals surface area contributed by atoms with Crippen molar-refractivity contribution in [3.63, 3.8) is 0 Å². The van der Waals surface area contributed by atoms with Crippen LogP contribution >= 0.6 is 7.82 Å². The fraction of sp³-hybridized carbons (Fsp3) is 0.143. The molecule has 2 aromatic rings. The minimum Gasteiger partial charge on any atom is -0.397 e. The lowest BCUT2D eigenvalue weighted by atomic mass is 10.1. The van der Waals surface area contributed by atoms with Gasteiger partial charge in [0.05, 0.1) is 13.2 Å². The third-order valence-corrected chi connectivity index (χ3v) is 4.54. The molecule has 0 bridgehead atoms. The third kappa shape index (κ3) is 2.90. The Bertz CT molecular complexity index is 797. The number of hydrogen-bond donors (Lipinski definition) is 0. The molecule has 0 aliphatic carbocycles. The van der Waals surface area contributed by atoms with Crippen LogP contribution < -0.4 is 4.52 Å². The Morgan fingerprint density at radius 1 is 0.792 bits per heavy atom. The molecule has 10 heteroatoms. The van der Waals surface area contributed by atoms with E-state index in [4.69, 9.17) is 9.05 Å². The van der Waals surface area contributed by atoms with Crippen LogP contribution in [0.4, 0.5) is 22.0 Å². The summed E-state index contributed by atoms with van der Waals surface area (Å²) in [5, 5.41) is 0. The number of benzene rings is 2. The van der Waals surface area contributed by atoms with Crippen LogP contribution in [0.1, 0.15) is 11.1 Å². The van der Waals surface area contributed by atoms with Gasteiger partial charge in [-0.3, -0.25) is 9.05 Å². The van der Waals surface area contributed by atoms with Gasteiger partial charge in [0, 0.05) is 0 Å². The molecule has 1 aliphatic heterocycles. The quantitative estimate of drug-likeness (QED) is 0.337. The van der Waals surface area contributed by atoms with Gasteiger partial charge in [0.15, 0.2) is 0 Å². The van der Waals surface area contributed by atoms with E-state index in [-0.39, 0.29) is 13.2 Å². The summed E-state index contributed by atoms with van der Waals surface area (Å²) in [7, 11) is -4.61. The van der Waals surface area contributed by atoms with Crippen molar-refractivity contribution in [2.24, 2.45) is 0 Å². The molecule has 0 spiro atoms. The Balaban J connectivity index is 1.94. The van der Waals surface area contributed by atoms with Crippen LogP contribution in [0.15, 0.2) is 24.3 Å². The highest BCUT2D eigenvalue weighted by Gasteiger charge is 2.37. The molecule has 0 N–H and O–H groups in total. The highest BCUT2D eigenvalue weighted by molar-refractivity contribution is 7.48. The average molecular weight is 366 g/mol. The van der Waals surface area contributed by atoms with Crippen molar-refractivity contribution in [2.75, 3.05) is 0 Å². The van der Waals surface area contributed by atoms with Gasteiger partial charge in [0.2, 0.25) is 34.8 Å². The van der Waals surface area contributed by atoms with E-state index in [9.17, 15) is 26.5 Å². The lowest BCUT2D eigenvalue weighted by molar-refractivity contribution is 0.150. The summed E-state index contributed by atoms with van der Waals surface area (Å²) in [4.78, 5) is 0. The Morgan fingerprint density at radius 3 is 1.67 bits per heavy atom. The number of halogens is 5. The van der Waals surface area contributed by atoms with E-state index < -0.39 is 42.7 Å². The SMILES string of the molecule is O=P1(Oc2c(F)c(F)c(F)c(F)c2F)OCc2ccccc2CO1. The van der Waals surface area contributed by atoms with Crippen LogP contribution in [0.3, 0.4) is 0 Å².